The molecule has 0 aromatic heterocycles. The van der Waals surface area contributed by atoms with E-state index in [1.807, 2.05) is 24.3 Å². The van der Waals surface area contributed by atoms with Gasteiger partial charge >= 0.3 is 11.8 Å². The predicted octanol–water partition coefficient (Wildman–Crippen LogP) is 2.14. The predicted molar refractivity (Wildman–Crippen MR) is 85.9 cm³/mol. The molecular formula is C15H13N3O2S. The summed E-state index contributed by atoms with van der Waals surface area (Å²) in [6, 6.07) is 17.8. The first-order chi connectivity index (χ1) is 10.1. The second-order valence-electron chi connectivity index (χ2n) is 4.09. The highest BCUT2D eigenvalue weighted by Gasteiger charge is 2.15. The summed E-state index contributed by atoms with van der Waals surface area (Å²) in [5, 5.41) is 7.67. The van der Waals surface area contributed by atoms with Crippen LogP contribution < -0.4 is 16.0 Å². The van der Waals surface area contributed by atoms with E-state index in [1.54, 1.807) is 36.4 Å². The van der Waals surface area contributed by atoms with Crippen LogP contribution in [0.3, 0.4) is 0 Å². The third-order valence-corrected chi connectivity index (χ3v) is 2.70. The lowest BCUT2D eigenvalue weighted by molar-refractivity contribution is -0.135. The Morgan fingerprint density at radius 3 is 1.71 bits per heavy atom. The Hall–Kier alpha value is -2.73. The van der Waals surface area contributed by atoms with Crippen molar-refractivity contribution in [1.82, 2.24) is 5.32 Å². The van der Waals surface area contributed by atoms with Crippen LogP contribution in [0.25, 0.3) is 0 Å². The van der Waals surface area contributed by atoms with Gasteiger partial charge < -0.3 is 10.6 Å². The van der Waals surface area contributed by atoms with Gasteiger partial charge in [-0.3, -0.25) is 14.9 Å². The van der Waals surface area contributed by atoms with Crippen LogP contribution in [-0.4, -0.2) is 16.9 Å². The Kier molecular flexibility index (Phi) is 5.00. The van der Waals surface area contributed by atoms with E-state index in [-0.39, 0.29) is 5.11 Å². The van der Waals surface area contributed by atoms with Crippen molar-refractivity contribution in [2.75, 3.05) is 10.6 Å². The zero-order chi connectivity index (χ0) is 15.1. The van der Waals surface area contributed by atoms with Crippen LogP contribution in [0.4, 0.5) is 11.4 Å². The Balaban J connectivity index is 1.86. The number of para-hydroxylation sites is 2. The van der Waals surface area contributed by atoms with E-state index >= 15 is 0 Å². The Morgan fingerprint density at radius 1 is 0.714 bits per heavy atom. The fraction of sp³-hybridized carbons (Fsp3) is 0. The lowest BCUT2D eigenvalue weighted by atomic mass is 10.3. The summed E-state index contributed by atoms with van der Waals surface area (Å²) in [4.78, 5) is 23.4. The van der Waals surface area contributed by atoms with Crippen LogP contribution in [0.15, 0.2) is 60.7 Å². The molecule has 0 atom stereocenters. The molecule has 0 saturated heterocycles. The first-order valence-corrected chi connectivity index (χ1v) is 6.59. The molecule has 2 aromatic carbocycles. The normalized spacial score (nSPS) is 9.52. The van der Waals surface area contributed by atoms with E-state index in [2.05, 4.69) is 16.0 Å². The minimum atomic E-state index is -0.827. The second kappa shape index (κ2) is 7.16. The first-order valence-electron chi connectivity index (χ1n) is 6.18. The van der Waals surface area contributed by atoms with Crippen molar-refractivity contribution in [1.29, 1.82) is 0 Å². The van der Waals surface area contributed by atoms with Crippen LogP contribution >= 0.6 is 12.2 Å². The van der Waals surface area contributed by atoms with E-state index in [0.717, 1.165) is 5.69 Å². The second-order valence-corrected chi connectivity index (χ2v) is 4.50. The molecule has 5 nitrogen and oxygen atoms in total. The van der Waals surface area contributed by atoms with Crippen molar-refractivity contribution in [2.24, 2.45) is 0 Å². The van der Waals surface area contributed by atoms with Crippen molar-refractivity contribution in [3.05, 3.63) is 60.7 Å². The van der Waals surface area contributed by atoms with Crippen molar-refractivity contribution in [3.63, 3.8) is 0 Å². The summed E-state index contributed by atoms with van der Waals surface area (Å²) >= 11 is 4.97. The average Bonchev–Trinajstić information content (AvgIpc) is 2.49. The number of rotatable bonds is 2. The first kappa shape index (κ1) is 14.7. The minimum absolute atomic E-state index is 0.0643. The van der Waals surface area contributed by atoms with Gasteiger partial charge in [0, 0.05) is 11.4 Å². The zero-order valence-electron chi connectivity index (χ0n) is 11.0. The average molecular weight is 299 g/mol. The number of benzene rings is 2. The van der Waals surface area contributed by atoms with Crippen LogP contribution in [0, 0.1) is 0 Å². The molecule has 2 rings (SSSR count). The number of hydrogen-bond acceptors (Lipinski definition) is 3. The molecular weight excluding hydrogens is 286 g/mol. The molecule has 0 aliphatic carbocycles. The van der Waals surface area contributed by atoms with Crippen LogP contribution in [0.2, 0.25) is 0 Å². The molecule has 106 valence electrons. The van der Waals surface area contributed by atoms with Gasteiger partial charge in [-0.05, 0) is 36.5 Å². The number of amides is 2. The summed E-state index contributed by atoms with van der Waals surface area (Å²) < 4.78 is 0. The fourth-order valence-electron chi connectivity index (χ4n) is 1.55. The van der Waals surface area contributed by atoms with Gasteiger partial charge in [0.1, 0.15) is 0 Å². The maximum Gasteiger partial charge on any atom is 0.315 e. The van der Waals surface area contributed by atoms with Gasteiger partial charge in [0.25, 0.3) is 0 Å². The van der Waals surface area contributed by atoms with Gasteiger partial charge in [-0.25, -0.2) is 0 Å². The van der Waals surface area contributed by atoms with Crippen molar-refractivity contribution < 1.29 is 9.59 Å². The van der Waals surface area contributed by atoms with Gasteiger partial charge in [0.05, 0.1) is 0 Å². The summed E-state index contributed by atoms with van der Waals surface area (Å²) in [5.74, 6) is -1.61. The number of carbonyl (C=O) groups is 2. The Labute approximate surface area is 127 Å². The standard InChI is InChI=1S/C15H13N3O2S/c19-13(16-11-7-3-1-4-8-11)14(20)18-15(21)17-12-9-5-2-6-10-12/h1-10H,(H,16,19)(H2,17,18,20,21). The number of anilines is 2. The molecule has 0 spiro atoms. The molecule has 0 aliphatic rings. The summed E-state index contributed by atoms with van der Waals surface area (Å²) in [7, 11) is 0. The van der Waals surface area contributed by atoms with Gasteiger partial charge in [-0.2, -0.15) is 0 Å². The lowest BCUT2D eigenvalue weighted by Crippen LogP contribution is -2.41. The topological polar surface area (TPSA) is 70.2 Å². The molecule has 21 heavy (non-hydrogen) atoms. The summed E-state index contributed by atoms with van der Waals surface area (Å²) in [6.07, 6.45) is 0. The summed E-state index contributed by atoms with van der Waals surface area (Å²) in [5.41, 5.74) is 1.27. The Bertz CT molecular complexity index is 644. The highest BCUT2D eigenvalue weighted by Crippen LogP contribution is 2.05. The Morgan fingerprint density at radius 2 is 1.19 bits per heavy atom. The molecule has 0 aliphatic heterocycles. The molecule has 3 N–H and O–H groups in total. The van der Waals surface area contributed by atoms with E-state index in [0.29, 0.717) is 5.69 Å². The lowest BCUT2D eigenvalue weighted by Gasteiger charge is -2.09. The monoisotopic (exact) mass is 299 g/mol. The SMILES string of the molecule is O=C(NC(=S)Nc1ccccc1)C(=O)Nc1ccccc1. The van der Waals surface area contributed by atoms with Crippen LogP contribution in [0.1, 0.15) is 0 Å². The molecule has 0 unspecified atom stereocenters. The van der Waals surface area contributed by atoms with Crippen LogP contribution in [-0.2, 0) is 9.59 Å². The minimum Gasteiger partial charge on any atom is -0.332 e. The molecule has 6 heteroatoms. The van der Waals surface area contributed by atoms with E-state index in [4.69, 9.17) is 12.2 Å². The number of carbonyl (C=O) groups excluding carboxylic acids is 2. The fourth-order valence-corrected chi connectivity index (χ4v) is 1.76. The van der Waals surface area contributed by atoms with Gasteiger partial charge in [-0.1, -0.05) is 36.4 Å². The maximum atomic E-state index is 11.7. The summed E-state index contributed by atoms with van der Waals surface area (Å²) in [6.45, 7) is 0. The van der Waals surface area contributed by atoms with Crippen molar-refractivity contribution in [2.45, 2.75) is 0 Å². The third-order valence-electron chi connectivity index (χ3n) is 2.50. The van der Waals surface area contributed by atoms with Crippen molar-refractivity contribution >= 4 is 40.5 Å². The van der Waals surface area contributed by atoms with Gasteiger partial charge in [-0.15, -0.1) is 0 Å². The zero-order valence-corrected chi connectivity index (χ0v) is 11.8. The molecule has 0 radical (unpaired) electrons. The molecule has 0 heterocycles. The molecule has 0 fully saturated rings. The van der Waals surface area contributed by atoms with Gasteiger partial charge in [0.2, 0.25) is 0 Å². The highest BCUT2D eigenvalue weighted by atomic mass is 32.1. The molecule has 0 bridgehead atoms. The largest absolute Gasteiger partial charge is 0.332 e. The van der Waals surface area contributed by atoms with E-state index < -0.39 is 11.8 Å². The van der Waals surface area contributed by atoms with Gasteiger partial charge in [0.15, 0.2) is 5.11 Å². The molecule has 0 saturated carbocycles. The third kappa shape index (κ3) is 4.70. The molecule has 2 aromatic rings. The van der Waals surface area contributed by atoms with E-state index in [9.17, 15) is 9.59 Å². The highest BCUT2D eigenvalue weighted by molar-refractivity contribution is 7.80. The van der Waals surface area contributed by atoms with Crippen molar-refractivity contribution in [3.8, 4) is 0 Å². The smallest absolute Gasteiger partial charge is 0.315 e. The maximum absolute atomic E-state index is 11.7. The number of nitrogens with one attached hydrogen (secondary N) is 3. The number of thiocarbonyl (C=S) groups is 1. The molecule has 2 amide bonds. The quantitative estimate of drug-likeness (QED) is 0.587. The van der Waals surface area contributed by atoms with Crippen LogP contribution in [0.5, 0.6) is 0 Å². The number of hydrogen-bond donors (Lipinski definition) is 3. The van der Waals surface area contributed by atoms with E-state index in [1.165, 1.54) is 0 Å².